The Kier molecular flexibility index (Phi) is 3.25. The van der Waals surface area contributed by atoms with Crippen LogP contribution in [-0.4, -0.2) is 21.1 Å². The number of fused-ring (bicyclic) bond motifs is 1. The van der Waals surface area contributed by atoms with Crippen molar-refractivity contribution in [2.75, 3.05) is 0 Å². The molecule has 0 bridgehead atoms. The van der Waals surface area contributed by atoms with E-state index in [2.05, 4.69) is 20.5 Å². The molecule has 0 radical (unpaired) electrons. The number of rotatable bonds is 4. The van der Waals surface area contributed by atoms with E-state index in [9.17, 15) is 4.79 Å². The van der Waals surface area contributed by atoms with Crippen LogP contribution >= 0.6 is 0 Å². The molecule has 2 heterocycles. The first-order valence-electron chi connectivity index (χ1n) is 6.55. The van der Waals surface area contributed by atoms with Crippen molar-refractivity contribution in [3.05, 3.63) is 53.5 Å². The zero-order valence-corrected chi connectivity index (χ0v) is 11.2. The largest absolute Gasteiger partial charge is 0.358 e. The summed E-state index contributed by atoms with van der Waals surface area (Å²) in [6.45, 7) is 2.47. The summed E-state index contributed by atoms with van der Waals surface area (Å²) >= 11 is 0. The molecule has 20 heavy (non-hydrogen) atoms. The van der Waals surface area contributed by atoms with Gasteiger partial charge in [-0.05, 0) is 24.6 Å². The molecule has 3 N–H and O–H groups in total. The molecule has 0 fully saturated rings. The van der Waals surface area contributed by atoms with Crippen molar-refractivity contribution in [2.24, 2.45) is 0 Å². The number of aromatic amines is 2. The number of nitrogens with one attached hydrogen (secondary N) is 3. The molecule has 0 aliphatic heterocycles. The minimum Gasteiger partial charge on any atom is -0.358 e. The Labute approximate surface area is 116 Å². The molecule has 3 rings (SSSR count). The van der Waals surface area contributed by atoms with Gasteiger partial charge in [-0.25, -0.2) is 0 Å². The van der Waals surface area contributed by atoms with Gasteiger partial charge in [-0.2, -0.15) is 5.10 Å². The van der Waals surface area contributed by atoms with Gasteiger partial charge in [-0.1, -0.05) is 18.2 Å². The number of hydrogen-bond acceptors (Lipinski definition) is 2. The van der Waals surface area contributed by atoms with E-state index in [-0.39, 0.29) is 5.91 Å². The van der Waals surface area contributed by atoms with Crippen LogP contribution in [0.2, 0.25) is 0 Å². The molecular weight excluding hydrogens is 252 g/mol. The SMILES string of the molecule is Cc1[nH]c2ccccc2c1CC(=O)NCc1ccn[nH]1. The van der Waals surface area contributed by atoms with E-state index >= 15 is 0 Å². The van der Waals surface area contributed by atoms with Gasteiger partial charge in [0.1, 0.15) is 0 Å². The molecule has 0 spiro atoms. The molecule has 0 saturated heterocycles. The Morgan fingerprint density at radius 2 is 2.15 bits per heavy atom. The number of para-hydroxylation sites is 1. The number of amides is 1. The van der Waals surface area contributed by atoms with E-state index in [1.807, 2.05) is 37.3 Å². The Bertz CT molecular complexity index is 728. The predicted molar refractivity (Wildman–Crippen MR) is 77.2 cm³/mol. The summed E-state index contributed by atoms with van der Waals surface area (Å²) in [5, 5.41) is 10.7. The first-order chi connectivity index (χ1) is 9.74. The lowest BCUT2D eigenvalue weighted by Crippen LogP contribution is -2.24. The van der Waals surface area contributed by atoms with Gasteiger partial charge in [0.05, 0.1) is 18.7 Å². The van der Waals surface area contributed by atoms with Crippen LogP contribution in [0.5, 0.6) is 0 Å². The van der Waals surface area contributed by atoms with E-state index in [1.54, 1.807) is 6.20 Å². The van der Waals surface area contributed by atoms with Gasteiger partial charge < -0.3 is 10.3 Å². The number of carbonyl (C=O) groups is 1. The molecular formula is C15H16N4O. The van der Waals surface area contributed by atoms with Crippen LogP contribution in [0.25, 0.3) is 10.9 Å². The standard InChI is InChI=1S/C15H16N4O/c1-10-13(12-4-2-3-5-14(12)18-10)8-15(20)16-9-11-6-7-17-19-11/h2-7,18H,8-9H2,1H3,(H,16,20)(H,17,19). The third-order valence-corrected chi connectivity index (χ3v) is 3.40. The molecule has 2 aromatic heterocycles. The summed E-state index contributed by atoms with van der Waals surface area (Å²) in [6, 6.07) is 9.88. The maximum atomic E-state index is 12.0. The van der Waals surface area contributed by atoms with Gasteiger partial charge in [0.2, 0.25) is 5.91 Å². The molecule has 102 valence electrons. The molecule has 0 saturated carbocycles. The van der Waals surface area contributed by atoms with E-state index in [0.717, 1.165) is 27.9 Å². The quantitative estimate of drug-likeness (QED) is 0.677. The summed E-state index contributed by atoms with van der Waals surface area (Å²) in [4.78, 5) is 15.3. The van der Waals surface area contributed by atoms with Gasteiger partial charge in [-0.15, -0.1) is 0 Å². The minimum absolute atomic E-state index is 0.00690. The summed E-state index contributed by atoms with van der Waals surface area (Å²) in [6.07, 6.45) is 2.05. The van der Waals surface area contributed by atoms with E-state index in [4.69, 9.17) is 0 Å². The molecule has 1 aromatic carbocycles. The molecule has 3 aromatic rings. The zero-order chi connectivity index (χ0) is 13.9. The van der Waals surface area contributed by atoms with Crippen molar-refractivity contribution < 1.29 is 4.79 Å². The highest BCUT2D eigenvalue weighted by Gasteiger charge is 2.11. The van der Waals surface area contributed by atoms with Crippen molar-refractivity contribution in [2.45, 2.75) is 19.9 Å². The molecule has 0 aliphatic carbocycles. The highest BCUT2D eigenvalue weighted by molar-refractivity contribution is 5.90. The molecule has 5 heteroatoms. The number of carbonyl (C=O) groups excluding carboxylic acids is 1. The summed E-state index contributed by atoms with van der Waals surface area (Å²) in [7, 11) is 0. The van der Waals surface area contributed by atoms with Crippen molar-refractivity contribution in [1.29, 1.82) is 0 Å². The third-order valence-electron chi connectivity index (χ3n) is 3.40. The molecule has 0 unspecified atom stereocenters. The lowest BCUT2D eigenvalue weighted by molar-refractivity contribution is -0.120. The van der Waals surface area contributed by atoms with Crippen LogP contribution in [0.4, 0.5) is 0 Å². The van der Waals surface area contributed by atoms with Gasteiger partial charge >= 0.3 is 0 Å². The monoisotopic (exact) mass is 268 g/mol. The second-order valence-electron chi connectivity index (χ2n) is 4.81. The van der Waals surface area contributed by atoms with Crippen LogP contribution in [0.3, 0.4) is 0 Å². The molecule has 1 amide bonds. The Balaban J connectivity index is 1.72. The van der Waals surface area contributed by atoms with E-state index < -0.39 is 0 Å². The van der Waals surface area contributed by atoms with Crippen molar-refractivity contribution in [1.82, 2.24) is 20.5 Å². The maximum absolute atomic E-state index is 12.0. The Hall–Kier alpha value is -2.56. The number of aromatic nitrogens is 3. The topological polar surface area (TPSA) is 73.6 Å². The van der Waals surface area contributed by atoms with Crippen molar-refractivity contribution >= 4 is 16.8 Å². The normalized spacial score (nSPS) is 10.8. The molecule has 5 nitrogen and oxygen atoms in total. The second-order valence-corrected chi connectivity index (χ2v) is 4.81. The van der Waals surface area contributed by atoms with Crippen LogP contribution in [-0.2, 0) is 17.8 Å². The highest BCUT2D eigenvalue weighted by atomic mass is 16.1. The van der Waals surface area contributed by atoms with Crippen LogP contribution in [0.15, 0.2) is 36.5 Å². The highest BCUT2D eigenvalue weighted by Crippen LogP contribution is 2.22. The molecule has 0 aliphatic rings. The van der Waals surface area contributed by atoms with Gasteiger partial charge in [0, 0.05) is 22.8 Å². The summed E-state index contributed by atoms with van der Waals surface area (Å²) in [5.74, 6) is 0.00690. The maximum Gasteiger partial charge on any atom is 0.224 e. The zero-order valence-electron chi connectivity index (χ0n) is 11.2. The van der Waals surface area contributed by atoms with E-state index in [1.165, 1.54) is 0 Å². The fourth-order valence-corrected chi connectivity index (χ4v) is 2.36. The number of aryl methyl sites for hydroxylation is 1. The number of benzene rings is 1. The van der Waals surface area contributed by atoms with Crippen LogP contribution < -0.4 is 5.32 Å². The van der Waals surface area contributed by atoms with Crippen molar-refractivity contribution in [3.63, 3.8) is 0 Å². The fraction of sp³-hybridized carbons (Fsp3) is 0.200. The lowest BCUT2D eigenvalue weighted by Gasteiger charge is -2.04. The van der Waals surface area contributed by atoms with Crippen LogP contribution in [0.1, 0.15) is 17.0 Å². The lowest BCUT2D eigenvalue weighted by atomic mass is 10.1. The summed E-state index contributed by atoms with van der Waals surface area (Å²) < 4.78 is 0. The number of hydrogen-bond donors (Lipinski definition) is 3. The first kappa shape index (κ1) is 12.5. The van der Waals surface area contributed by atoms with Crippen LogP contribution in [0, 0.1) is 6.92 Å². The van der Waals surface area contributed by atoms with Gasteiger partial charge in [0.25, 0.3) is 0 Å². The van der Waals surface area contributed by atoms with Gasteiger partial charge in [0.15, 0.2) is 0 Å². The Morgan fingerprint density at radius 1 is 1.30 bits per heavy atom. The first-order valence-corrected chi connectivity index (χ1v) is 6.55. The smallest absolute Gasteiger partial charge is 0.224 e. The fourth-order valence-electron chi connectivity index (χ4n) is 2.36. The predicted octanol–water partition coefficient (Wildman–Crippen LogP) is 2.06. The van der Waals surface area contributed by atoms with E-state index in [0.29, 0.717) is 13.0 Å². The minimum atomic E-state index is 0.00690. The third kappa shape index (κ3) is 2.42. The average molecular weight is 268 g/mol. The van der Waals surface area contributed by atoms with Gasteiger partial charge in [-0.3, -0.25) is 9.89 Å². The summed E-state index contributed by atoms with van der Waals surface area (Å²) in [5.41, 5.74) is 4.07. The Morgan fingerprint density at radius 3 is 2.95 bits per heavy atom. The van der Waals surface area contributed by atoms with Crippen molar-refractivity contribution in [3.8, 4) is 0 Å². The number of nitrogens with zero attached hydrogens (tertiary/aromatic N) is 1. The second kappa shape index (κ2) is 5.21. The molecule has 0 atom stereocenters. The average Bonchev–Trinajstić information content (AvgIpc) is 3.06. The number of H-pyrrole nitrogens is 2.